The minimum Gasteiger partial charge on any atom is -0.383 e. The average molecular weight is 242 g/mol. The number of benzene rings is 1. The van der Waals surface area contributed by atoms with Crippen LogP contribution in [-0.2, 0) is 9.47 Å². The zero-order valence-corrected chi connectivity index (χ0v) is 10.4. The molecule has 0 aliphatic rings. The van der Waals surface area contributed by atoms with E-state index in [1.807, 2.05) is 13.8 Å². The summed E-state index contributed by atoms with van der Waals surface area (Å²) in [6.45, 7) is 6.20. The van der Waals surface area contributed by atoms with Gasteiger partial charge in [0.2, 0.25) is 0 Å². The fourth-order valence-corrected chi connectivity index (χ4v) is 1.57. The van der Waals surface area contributed by atoms with Crippen molar-refractivity contribution in [2.24, 2.45) is 0 Å². The Hall–Kier alpha value is -0.970. The topological polar surface area (TPSA) is 38.7 Å². The molecule has 4 heteroatoms. The Kier molecular flexibility index (Phi) is 5.55. The number of rotatable bonds is 6. The van der Waals surface area contributed by atoms with E-state index in [1.54, 1.807) is 13.0 Å². The SMILES string of the molecule is CCOC(OCC)C(O)c1ccc(F)c(C)c1. The molecule has 1 atom stereocenters. The lowest BCUT2D eigenvalue weighted by atomic mass is 10.1. The monoisotopic (exact) mass is 242 g/mol. The highest BCUT2D eigenvalue weighted by molar-refractivity contribution is 5.25. The lowest BCUT2D eigenvalue weighted by Crippen LogP contribution is -2.25. The molecule has 96 valence electrons. The van der Waals surface area contributed by atoms with E-state index >= 15 is 0 Å². The second-order valence-corrected chi connectivity index (χ2v) is 3.73. The maximum atomic E-state index is 13.1. The van der Waals surface area contributed by atoms with Gasteiger partial charge in [-0.3, -0.25) is 0 Å². The fourth-order valence-electron chi connectivity index (χ4n) is 1.57. The van der Waals surface area contributed by atoms with Crippen LogP contribution in [0, 0.1) is 12.7 Å². The molecule has 1 N–H and O–H groups in total. The zero-order valence-electron chi connectivity index (χ0n) is 10.4. The Labute approximate surface area is 101 Å². The van der Waals surface area contributed by atoms with E-state index in [0.717, 1.165) is 0 Å². The third-order valence-corrected chi connectivity index (χ3v) is 2.44. The number of hydrogen-bond acceptors (Lipinski definition) is 3. The first-order valence-electron chi connectivity index (χ1n) is 5.77. The summed E-state index contributed by atoms with van der Waals surface area (Å²) in [6, 6.07) is 4.48. The molecular formula is C13H19FO3. The van der Waals surface area contributed by atoms with Crippen LogP contribution in [0.5, 0.6) is 0 Å². The molecule has 1 unspecified atom stereocenters. The van der Waals surface area contributed by atoms with Crippen molar-refractivity contribution in [3.05, 3.63) is 35.1 Å². The summed E-state index contributed by atoms with van der Waals surface area (Å²) in [6.07, 6.45) is -1.62. The quantitative estimate of drug-likeness (QED) is 0.779. The molecule has 0 aliphatic heterocycles. The molecule has 1 rings (SSSR count). The molecule has 0 saturated heterocycles. The van der Waals surface area contributed by atoms with Crippen LogP contribution in [0.25, 0.3) is 0 Å². The normalized spacial score (nSPS) is 13.1. The van der Waals surface area contributed by atoms with Crippen molar-refractivity contribution in [1.29, 1.82) is 0 Å². The lowest BCUT2D eigenvalue weighted by Gasteiger charge is -2.23. The maximum Gasteiger partial charge on any atom is 0.187 e. The van der Waals surface area contributed by atoms with Gasteiger partial charge in [0.1, 0.15) is 11.9 Å². The summed E-state index contributed by atoms with van der Waals surface area (Å²) >= 11 is 0. The highest BCUT2D eigenvalue weighted by atomic mass is 19.1. The number of hydrogen-bond donors (Lipinski definition) is 1. The Morgan fingerprint density at radius 1 is 1.24 bits per heavy atom. The smallest absolute Gasteiger partial charge is 0.187 e. The highest BCUT2D eigenvalue weighted by Gasteiger charge is 2.22. The van der Waals surface area contributed by atoms with Crippen molar-refractivity contribution in [3.63, 3.8) is 0 Å². The van der Waals surface area contributed by atoms with E-state index < -0.39 is 12.4 Å². The van der Waals surface area contributed by atoms with Gasteiger partial charge in [-0.25, -0.2) is 4.39 Å². The Morgan fingerprint density at radius 2 is 1.82 bits per heavy atom. The molecule has 3 nitrogen and oxygen atoms in total. The summed E-state index contributed by atoms with van der Waals surface area (Å²) in [5.74, 6) is -0.287. The molecule has 17 heavy (non-hydrogen) atoms. The first-order valence-corrected chi connectivity index (χ1v) is 5.77. The van der Waals surface area contributed by atoms with Crippen molar-refractivity contribution in [2.45, 2.75) is 33.2 Å². The van der Waals surface area contributed by atoms with Gasteiger partial charge in [0.05, 0.1) is 0 Å². The van der Waals surface area contributed by atoms with Crippen LogP contribution in [0.4, 0.5) is 4.39 Å². The summed E-state index contributed by atoms with van der Waals surface area (Å²) < 4.78 is 23.7. The molecule has 1 aromatic rings. The van der Waals surface area contributed by atoms with Crippen LogP contribution >= 0.6 is 0 Å². The van der Waals surface area contributed by atoms with Gasteiger partial charge in [-0.05, 0) is 38.0 Å². The van der Waals surface area contributed by atoms with Crippen LogP contribution in [0.3, 0.4) is 0 Å². The molecule has 0 aliphatic carbocycles. The molecule has 0 spiro atoms. The summed E-state index contributed by atoms with van der Waals surface area (Å²) in [4.78, 5) is 0. The Balaban J connectivity index is 2.84. The van der Waals surface area contributed by atoms with Gasteiger partial charge in [-0.1, -0.05) is 12.1 Å². The molecule has 0 amide bonds. The number of ether oxygens (including phenoxy) is 2. The summed E-state index contributed by atoms with van der Waals surface area (Å²) in [5.41, 5.74) is 1.09. The van der Waals surface area contributed by atoms with Crippen molar-refractivity contribution >= 4 is 0 Å². The number of halogens is 1. The second-order valence-electron chi connectivity index (χ2n) is 3.73. The van der Waals surface area contributed by atoms with Crippen molar-refractivity contribution in [2.75, 3.05) is 13.2 Å². The number of aliphatic hydroxyl groups excluding tert-OH is 1. The molecule has 0 bridgehead atoms. The first kappa shape index (κ1) is 14.1. The standard InChI is InChI=1S/C13H19FO3/c1-4-16-13(17-5-2)12(15)10-6-7-11(14)9(3)8-10/h6-8,12-13,15H,4-5H2,1-3H3. The van der Waals surface area contributed by atoms with Crippen LogP contribution < -0.4 is 0 Å². The number of aryl methyl sites for hydroxylation is 1. The first-order chi connectivity index (χ1) is 8.10. The predicted molar refractivity (Wildman–Crippen MR) is 63.1 cm³/mol. The zero-order chi connectivity index (χ0) is 12.8. The minimum atomic E-state index is -0.908. The van der Waals surface area contributed by atoms with Crippen molar-refractivity contribution in [1.82, 2.24) is 0 Å². The van der Waals surface area contributed by atoms with Gasteiger partial charge in [0.15, 0.2) is 6.29 Å². The van der Waals surface area contributed by atoms with Gasteiger partial charge < -0.3 is 14.6 Å². The number of aliphatic hydroxyl groups is 1. The Morgan fingerprint density at radius 3 is 2.29 bits per heavy atom. The summed E-state index contributed by atoms with van der Waals surface area (Å²) in [7, 11) is 0. The van der Waals surface area contributed by atoms with E-state index in [2.05, 4.69) is 0 Å². The van der Waals surface area contributed by atoms with Crippen LogP contribution in [0.2, 0.25) is 0 Å². The van der Waals surface area contributed by atoms with Crippen molar-refractivity contribution in [3.8, 4) is 0 Å². The van der Waals surface area contributed by atoms with Gasteiger partial charge >= 0.3 is 0 Å². The average Bonchev–Trinajstić information content (AvgIpc) is 2.31. The fraction of sp³-hybridized carbons (Fsp3) is 0.538. The van der Waals surface area contributed by atoms with Gasteiger partial charge in [0.25, 0.3) is 0 Å². The van der Waals surface area contributed by atoms with Crippen molar-refractivity contribution < 1.29 is 19.0 Å². The molecular weight excluding hydrogens is 223 g/mol. The summed E-state index contributed by atoms with van der Waals surface area (Å²) in [5, 5.41) is 10.1. The van der Waals surface area contributed by atoms with Gasteiger partial charge in [-0.2, -0.15) is 0 Å². The third kappa shape index (κ3) is 3.77. The lowest BCUT2D eigenvalue weighted by molar-refractivity contribution is -0.191. The van der Waals surface area contributed by atoms with E-state index in [-0.39, 0.29) is 5.82 Å². The molecule has 0 aromatic heterocycles. The van der Waals surface area contributed by atoms with E-state index in [1.165, 1.54) is 12.1 Å². The van der Waals surface area contributed by atoms with E-state index in [4.69, 9.17) is 9.47 Å². The maximum absolute atomic E-state index is 13.1. The van der Waals surface area contributed by atoms with Crippen LogP contribution in [0.1, 0.15) is 31.1 Å². The highest BCUT2D eigenvalue weighted by Crippen LogP contribution is 2.22. The van der Waals surface area contributed by atoms with E-state index in [9.17, 15) is 9.50 Å². The molecule has 0 fully saturated rings. The predicted octanol–water partition coefficient (Wildman–Crippen LogP) is 2.57. The molecule has 1 aromatic carbocycles. The molecule has 0 radical (unpaired) electrons. The second kappa shape index (κ2) is 6.69. The van der Waals surface area contributed by atoms with Crippen LogP contribution in [-0.4, -0.2) is 24.6 Å². The molecule has 0 heterocycles. The van der Waals surface area contributed by atoms with Gasteiger partial charge in [-0.15, -0.1) is 0 Å². The Bertz CT molecular complexity index is 349. The third-order valence-electron chi connectivity index (χ3n) is 2.44. The van der Waals surface area contributed by atoms with Gasteiger partial charge in [0, 0.05) is 13.2 Å². The largest absolute Gasteiger partial charge is 0.383 e. The molecule has 0 saturated carbocycles. The van der Waals surface area contributed by atoms with Crippen LogP contribution in [0.15, 0.2) is 18.2 Å². The van der Waals surface area contributed by atoms with E-state index in [0.29, 0.717) is 24.3 Å². The minimum absolute atomic E-state index is 0.287.